The second-order valence-corrected chi connectivity index (χ2v) is 5.10. The van der Waals surface area contributed by atoms with Crippen LogP contribution in [-0.2, 0) is 10.5 Å². The highest BCUT2D eigenvalue weighted by molar-refractivity contribution is 5.19. The molecule has 1 aliphatic rings. The van der Waals surface area contributed by atoms with Gasteiger partial charge in [0, 0.05) is 24.5 Å². The summed E-state index contributed by atoms with van der Waals surface area (Å²) in [6, 6.07) is 4.18. The molecule has 1 aliphatic heterocycles. The summed E-state index contributed by atoms with van der Waals surface area (Å²) in [6.45, 7) is 4.21. The van der Waals surface area contributed by atoms with Gasteiger partial charge in [-0.3, -0.25) is 9.88 Å². The minimum atomic E-state index is -0.226. The van der Waals surface area contributed by atoms with Crippen molar-refractivity contribution in [3.05, 3.63) is 30.1 Å². The van der Waals surface area contributed by atoms with E-state index in [9.17, 15) is 0 Å². The Bertz CT molecular complexity index is 355. The molecule has 0 radical (unpaired) electrons. The zero-order valence-electron chi connectivity index (χ0n) is 11.6. The Morgan fingerprint density at radius 3 is 2.78 bits per heavy atom. The Morgan fingerprint density at radius 2 is 2.11 bits per heavy atom. The van der Waals surface area contributed by atoms with Gasteiger partial charge in [0.2, 0.25) is 0 Å². The van der Waals surface area contributed by atoms with E-state index >= 15 is 0 Å². The van der Waals surface area contributed by atoms with Crippen molar-refractivity contribution in [3.8, 4) is 0 Å². The number of ether oxygens (including phenoxy) is 1. The summed E-state index contributed by atoms with van der Waals surface area (Å²) >= 11 is 0. The Morgan fingerprint density at radius 1 is 1.33 bits per heavy atom. The van der Waals surface area contributed by atoms with Gasteiger partial charge in [-0.1, -0.05) is 19.8 Å². The Labute approximate surface area is 110 Å². The first kappa shape index (κ1) is 13.5. The van der Waals surface area contributed by atoms with Gasteiger partial charge in [0.1, 0.15) is 5.72 Å². The molecule has 18 heavy (non-hydrogen) atoms. The fourth-order valence-electron chi connectivity index (χ4n) is 2.77. The lowest BCUT2D eigenvalue weighted by atomic mass is 9.94. The minimum absolute atomic E-state index is 0.226. The van der Waals surface area contributed by atoms with Gasteiger partial charge in [-0.25, -0.2) is 0 Å². The van der Waals surface area contributed by atoms with Crippen molar-refractivity contribution in [2.75, 3.05) is 20.2 Å². The first-order valence-corrected chi connectivity index (χ1v) is 7.05. The molecule has 2 rings (SSSR count). The topological polar surface area (TPSA) is 25.4 Å². The molecule has 1 fully saturated rings. The molecule has 100 valence electrons. The van der Waals surface area contributed by atoms with E-state index in [0.717, 1.165) is 26.0 Å². The highest BCUT2D eigenvalue weighted by Gasteiger charge is 2.39. The number of pyridine rings is 1. The molecule has 0 N–H and O–H groups in total. The maximum atomic E-state index is 6.21. The highest BCUT2D eigenvalue weighted by Crippen LogP contribution is 2.36. The van der Waals surface area contributed by atoms with Crippen LogP contribution in [0.1, 0.15) is 44.6 Å². The maximum Gasteiger partial charge on any atom is 0.147 e. The third kappa shape index (κ3) is 2.73. The van der Waals surface area contributed by atoms with Crippen molar-refractivity contribution in [1.29, 1.82) is 0 Å². The Balaban J connectivity index is 2.21. The number of aromatic nitrogens is 1. The van der Waals surface area contributed by atoms with Gasteiger partial charge in [-0.15, -0.1) is 0 Å². The standard InChI is InChI=1S/C15H24N2O/c1-3-4-5-9-15(14-7-10-16-11-8-14)17(2)12-6-13-18-15/h7-8,10-11H,3-6,9,12-13H2,1-2H3. The molecular formula is C15H24N2O. The van der Waals surface area contributed by atoms with Crippen molar-refractivity contribution in [1.82, 2.24) is 9.88 Å². The summed E-state index contributed by atoms with van der Waals surface area (Å²) in [5.41, 5.74) is 1.02. The second-order valence-electron chi connectivity index (χ2n) is 5.10. The quantitative estimate of drug-likeness (QED) is 0.748. The summed E-state index contributed by atoms with van der Waals surface area (Å²) in [4.78, 5) is 6.48. The van der Waals surface area contributed by atoms with Crippen LogP contribution in [0.2, 0.25) is 0 Å². The molecule has 1 saturated heterocycles. The summed E-state index contributed by atoms with van der Waals surface area (Å²) in [6.07, 6.45) is 9.65. The zero-order valence-corrected chi connectivity index (χ0v) is 11.6. The zero-order chi connectivity index (χ0) is 12.8. The van der Waals surface area contributed by atoms with Crippen molar-refractivity contribution >= 4 is 0 Å². The fraction of sp³-hybridized carbons (Fsp3) is 0.667. The van der Waals surface area contributed by atoms with Gasteiger partial charge >= 0.3 is 0 Å². The molecule has 1 aromatic rings. The summed E-state index contributed by atoms with van der Waals surface area (Å²) < 4.78 is 6.21. The molecule has 0 bridgehead atoms. The smallest absolute Gasteiger partial charge is 0.147 e. The summed E-state index contributed by atoms with van der Waals surface area (Å²) in [7, 11) is 2.17. The second kappa shape index (κ2) is 6.30. The SMILES string of the molecule is CCCCCC1(c2ccncc2)OCCCN1C. The predicted octanol–water partition coefficient (Wildman–Crippen LogP) is 3.17. The lowest BCUT2D eigenvalue weighted by Gasteiger charge is -2.45. The maximum absolute atomic E-state index is 6.21. The van der Waals surface area contributed by atoms with Crippen LogP contribution in [0.4, 0.5) is 0 Å². The Kier molecular flexibility index (Phi) is 4.72. The van der Waals surface area contributed by atoms with Crippen LogP contribution < -0.4 is 0 Å². The van der Waals surface area contributed by atoms with Crippen molar-refractivity contribution in [2.45, 2.75) is 44.8 Å². The van der Waals surface area contributed by atoms with Gasteiger partial charge in [0.25, 0.3) is 0 Å². The third-order valence-corrected chi connectivity index (χ3v) is 3.85. The molecule has 1 aromatic heterocycles. The molecule has 0 amide bonds. The molecule has 0 spiro atoms. The van der Waals surface area contributed by atoms with E-state index in [4.69, 9.17) is 4.74 Å². The Hall–Kier alpha value is -0.930. The highest BCUT2D eigenvalue weighted by atomic mass is 16.5. The van der Waals surface area contributed by atoms with E-state index in [2.05, 4.69) is 36.0 Å². The molecule has 0 aliphatic carbocycles. The molecule has 2 heterocycles. The monoisotopic (exact) mass is 248 g/mol. The van der Waals surface area contributed by atoms with Crippen LogP contribution in [0.5, 0.6) is 0 Å². The largest absolute Gasteiger partial charge is 0.356 e. The first-order chi connectivity index (χ1) is 8.79. The van der Waals surface area contributed by atoms with Crippen LogP contribution in [-0.4, -0.2) is 30.1 Å². The third-order valence-electron chi connectivity index (χ3n) is 3.85. The lowest BCUT2D eigenvalue weighted by molar-refractivity contribution is -0.189. The summed E-state index contributed by atoms with van der Waals surface area (Å²) in [5, 5.41) is 0. The van der Waals surface area contributed by atoms with Gasteiger partial charge < -0.3 is 4.74 Å². The number of rotatable bonds is 5. The van der Waals surface area contributed by atoms with Crippen LogP contribution >= 0.6 is 0 Å². The van der Waals surface area contributed by atoms with Gasteiger partial charge in [0.15, 0.2) is 0 Å². The fourth-order valence-corrected chi connectivity index (χ4v) is 2.77. The van der Waals surface area contributed by atoms with E-state index in [-0.39, 0.29) is 5.72 Å². The summed E-state index contributed by atoms with van der Waals surface area (Å²) in [5.74, 6) is 0. The van der Waals surface area contributed by atoms with Crippen LogP contribution in [0.25, 0.3) is 0 Å². The van der Waals surface area contributed by atoms with Crippen LogP contribution in [0, 0.1) is 0 Å². The molecule has 3 heteroatoms. The van der Waals surface area contributed by atoms with Crippen molar-refractivity contribution in [3.63, 3.8) is 0 Å². The molecule has 1 atom stereocenters. The van der Waals surface area contributed by atoms with Crippen LogP contribution in [0.3, 0.4) is 0 Å². The lowest BCUT2D eigenvalue weighted by Crippen LogP contribution is -2.50. The predicted molar refractivity (Wildman–Crippen MR) is 73.3 cm³/mol. The molecular weight excluding hydrogens is 224 g/mol. The van der Waals surface area contributed by atoms with Crippen LogP contribution in [0.15, 0.2) is 24.5 Å². The number of nitrogens with zero attached hydrogens (tertiary/aromatic N) is 2. The van der Waals surface area contributed by atoms with E-state index in [0.29, 0.717) is 0 Å². The molecule has 0 aromatic carbocycles. The van der Waals surface area contributed by atoms with E-state index in [1.165, 1.54) is 24.8 Å². The van der Waals surface area contributed by atoms with E-state index in [1.807, 2.05) is 12.4 Å². The van der Waals surface area contributed by atoms with Crippen molar-refractivity contribution < 1.29 is 4.74 Å². The number of hydrogen-bond acceptors (Lipinski definition) is 3. The van der Waals surface area contributed by atoms with Crippen molar-refractivity contribution in [2.24, 2.45) is 0 Å². The van der Waals surface area contributed by atoms with E-state index < -0.39 is 0 Å². The van der Waals surface area contributed by atoms with E-state index in [1.54, 1.807) is 0 Å². The molecule has 1 unspecified atom stereocenters. The average molecular weight is 248 g/mol. The van der Waals surface area contributed by atoms with Gasteiger partial charge in [0.05, 0.1) is 6.61 Å². The molecule has 3 nitrogen and oxygen atoms in total. The van der Waals surface area contributed by atoms with Gasteiger partial charge in [-0.05, 0) is 38.4 Å². The van der Waals surface area contributed by atoms with Gasteiger partial charge in [-0.2, -0.15) is 0 Å². The first-order valence-electron chi connectivity index (χ1n) is 7.05. The molecule has 0 saturated carbocycles. The number of unbranched alkanes of at least 4 members (excludes halogenated alkanes) is 2. The number of hydrogen-bond donors (Lipinski definition) is 0. The average Bonchev–Trinajstić information content (AvgIpc) is 2.42. The normalized spacial score (nSPS) is 25.2. The minimum Gasteiger partial charge on any atom is -0.356 e.